The fourth-order valence-corrected chi connectivity index (χ4v) is 4.32. The quantitative estimate of drug-likeness (QED) is 0.553. The molecule has 30 heavy (non-hydrogen) atoms. The molecule has 4 rings (SSSR count). The lowest BCUT2D eigenvalue weighted by atomic mass is 10.0. The van der Waals surface area contributed by atoms with Gasteiger partial charge in [0.05, 0.1) is 13.2 Å². The summed E-state index contributed by atoms with van der Waals surface area (Å²) in [4.78, 5) is 27.1. The summed E-state index contributed by atoms with van der Waals surface area (Å²) >= 11 is 0. The van der Waals surface area contributed by atoms with Crippen molar-refractivity contribution in [2.45, 2.75) is 45.6 Å². The number of benzene rings is 1. The van der Waals surface area contributed by atoms with Crippen molar-refractivity contribution >= 4 is 16.9 Å². The minimum Gasteiger partial charge on any atom is -0.480 e. The van der Waals surface area contributed by atoms with Crippen molar-refractivity contribution in [3.05, 3.63) is 39.2 Å². The predicted molar refractivity (Wildman–Crippen MR) is 114 cm³/mol. The van der Waals surface area contributed by atoms with E-state index in [-0.39, 0.29) is 11.5 Å². The number of carbonyl (C=O) groups excluding carboxylic acids is 1. The minimum atomic E-state index is -0.634. The van der Waals surface area contributed by atoms with E-state index in [9.17, 15) is 9.59 Å². The molecule has 0 unspecified atom stereocenters. The van der Waals surface area contributed by atoms with Crippen LogP contribution in [0.25, 0.3) is 11.0 Å². The van der Waals surface area contributed by atoms with E-state index in [0.717, 1.165) is 80.6 Å². The fraction of sp³-hybridized carbons (Fsp3) is 0.565. The lowest BCUT2D eigenvalue weighted by Gasteiger charge is -2.26. The zero-order chi connectivity index (χ0) is 21.1. The summed E-state index contributed by atoms with van der Waals surface area (Å²) in [6, 6.07) is 3.82. The summed E-state index contributed by atoms with van der Waals surface area (Å²) in [5.41, 5.74) is 2.98. The highest BCUT2D eigenvalue weighted by atomic mass is 16.5. The van der Waals surface area contributed by atoms with Gasteiger partial charge < -0.3 is 19.2 Å². The van der Waals surface area contributed by atoms with Crippen LogP contribution in [-0.2, 0) is 22.4 Å². The van der Waals surface area contributed by atoms with Crippen LogP contribution >= 0.6 is 0 Å². The number of nitrogens with one attached hydrogen (secondary N) is 1. The summed E-state index contributed by atoms with van der Waals surface area (Å²) in [5.74, 6) is 0.423. The van der Waals surface area contributed by atoms with Crippen LogP contribution in [0.1, 0.15) is 36.5 Å². The molecule has 0 radical (unpaired) electrons. The fourth-order valence-electron chi connectivity index (χ4n) is 4.32. The number of ether oxygens (including phenoxy) is 2. The Kier molecular flexibility index (Phi) is 6.39. The van der Waals surface area contributed by atoms with Crippen molar-refractivity contribution in [1.29, 1.82) is 0 Å². The highest BCUT2D eigenvalue weighted by Gasteiger charge is 2.22. The second-order valence-electron chi connectivity index (χ2n) is 8.12. The lowest BCUT2D eigenvalue weighted by molar-refractivity contribution is -0.127. The van der Waals surface area contributed by atoms with E-state index in [1.165, 1.54) is 0 Å². The Morgan fingerprint density at radius 3 is 2.80 bits per heavy atom. The van der Waals surface area contributed by atoms with Crippen molar-refractivity contribution in [2.24, 2.45) is 0 Å². The molecule has 1 fully saturated rings. The van der Waals surface area contributed by atoms with Gasteiger partial charge in [0.15, 0.2) is 6.10 Å². The maximum Gasteiger partial charge on any atom is 0.339 e. The average molecular weight is 415 g/mol. The molecule has 1 aliphatic carbocycles. The van der Waals surface area contributed by atoms with Crippen molar-refractivity contribution in [3.8, 4) is 5.75 Å². The number of morpholine rings is 1. The highest BCUT2D eigenvalue weighted by molar-refractivity contribution is 5.86. The van der Waals surface area contributed by atoms with Gasteiger partial charge in [-0.2, -0.15) is 0 Å². The Balaban J connectivity index is 1.36. The zero-order valence-electron chi connectivity index (χ0n) is 17.8. The largest absolute Gasteiger partial charge is 0.480 e. The van der Waals surface area contributed by atoms with E-state index in [0.29, 0.717) is 17.9 Å². The summed E-state index contributed by atoms with van der Waals surface area (Å²) in [7, 11) is 0. The predicted octanol–water partition coefficient (Wildman–Crippen LogP) is 2.20. The molecule has 0 saturated carbocycles. The second-order valence-corrected chi connectivity index (χ2v) is 8.12. The van der Waals surface area contributed by atoms with Crippen LogP contribution in [0.15, 0.2) is 21.3 Å². The van der Waals surface area contributed by atoms with Gasteiger partial charge >= 0.3 is 5.63 Å². The van der Waals surface area contributed by atoms with Crippen molar-refractivity contribution in [3.63, 3.8) is 0 Å². The SMILES string of the molecule is Cc1c(O[C@@H](C)C(=O)NCCCN2CCOCC2)ccc2c3c(c(=O)oc12)CCC3. The monoisotopic (exact) mass is 414 g/mol. The molecule has 1 amide bonds. The molecule has 2 aliphatic rings. The van der Waals surface area contributed by atoms with E-state index in [1.807, 2.05) is 19.1 Å². The third kappa shape index (κ3) is 4.37. The topological polar surface area (TPSA) is 81.0 Å². The molecule has 1 aromatic carbocycles. The molecule has 2 aromatic rings. The molecule has 7 nitrogen and oxygen atoms in total. The summed E-state index contributed by atoms with van der Waals surface area (Å²) in [6.07, 6.45) is 2.93. The van der Waals surface area contributed by atoms with E-state index in [2.05, 4.69) is 10.2 Å². The average Bonchev–Trinajstić information content (AvgIpc) is 3.25. The molecule has 1 aliphatic heterocycles. The van der Waals surface area contributed by atoms with Crippen molar-refractivity contribution in [1.82, 2.24) is 10.2 Å². The molecule has 2 heterocycles. The van der Waals surface area contributed by atoms with E-state index >= 15 is 0 Å². The maximum atomic E-state index is 12.4. The molecule has 1 aromatic heterocycles. The van der Waals surface area contributed by atoms with Gasteiger partial charge in [0.2, 0.25) is 0 Å². The molecule has 0 spiro atoms. The van der Waals surface area contributed by atoms with Crippen LogP contribution in [0.2, 0.25) is 0 Å². The first-order valence-electron chi connectivity index (χ1n) is 10.9. The van der Waals surface area contributed by atoms with Gasteiger partial charge in [0, 0.05) is 36.1 Å². The van der Waals surface area contributed by atoms with Crippen molar-refractivity contribution < 1.29 is 18.7 Å². The Bertz CT molecular complexity index is 978. The van der Waals surface area contributed by atoms with Gasteiger partial charge in [-0.3, -0.25) is 9.69 Å². The number of hydrogen-bond donors (Lipinski definition) is 1. The molecule has 7 heteroatoms. The highest BCUT2D eigenvalue weighted by Crippen LogP contribution is 2.33. The molecule has 1 N–H and O–H groups in total. The molecule has 1 saturated heterocycles. The van der Waals surface area contributed by atoms with Gasteiger partial charge in [-0.25, -0.2) is 4.79 Å². The molecule has 0 bridgehead atoms. The maximum absolute atomic E-state index is 12.4. The minimum absolute atomic E-state index is 0.146. The van der Waals surface area contributed by atoms with Gasteiger partial charge in [-0.05, 0) is 63.8 Å². The Morgan fingerprint density at radius 1 is 1.23 bits per heavy atom. The molecule has 1 atom stereocenters. The Labute approximate surface area is 176 Å². The number of rotatable bonds is 7. The lowest BCUT2D eigenvalue weighted by Crippen LogP contribution is -2.40. The van der Waals surface area contributed by atoms with Crippen molar-refractivity contribution in [2.75, 3.05) is 39.4 Å². The smallest absolute Gasteiger partial charge is 0.339 e. The van der Waals surface area contributed by atoms with E-state index in [4.69, 9.17) is 13.9 Å². The molecular formula is C23H30N2O5. The molecule has 162 valence electrons. The second kappa shape index (κ2) is 9.18. The Morgan fingerprint density at radius 2 is 2.00 bits per heavy atom. The third-order valence-electron chi connectivity index (χ3n) is 6.07. The third-order valence-corrected chi connectivity index (χ3v) is 6.07. The van der Waals surface area contributed by atoms with Crippen LogP contribution in [-0.4, -0.2) is 56.3 Å². The van der Waals surface area contributed by atoms with Gasteiger partial charge in [0.1, 0.15) is 11.3 Å². The van der Waals surface area contributed by atoms with Crippen LogP contribution in [0.5, 0.6) is 5.75 Å². The first-order chi connectivity index (χ1) is 14.5. The molecular weight excluding hydrogens is 384 g/mol. The van der Waals surface area contributed by atoms with Gasteiger partial charge in [-0.1, -0.05) is 0 Å². The normalized spacial score (nSPS) is 17.7. The number of fused-ring (bicyclic) bond motifs is 3. The zero-order valence-corrected chi connectivity index (χ0v) is 17.8. The first-order valence-corrected chi connectivity index (χ1v) is 10.9. The summed E-state index contributed by atoms with van der Waals surface area (Å²) < 4.78 is 16.9. The number of hydrogen-bond acceptors (Lipinski definition) is 6. The number of carbonyl (C=O) groups is 1. The summed E-state index contributed by atoms with van der Waals surface area (Å²) in [6.45, 7) is 8.64. The van der Waals surface area contributed by atoms with Crippen LogP contribution in [0.3, 0.4) is 0 Å². The summed E-state index contributed by atoms with van der Waals surface area (Å²) in [5, 5.41) is 3.93. The van der Waals surface area contributed by atoms with Crippen LogP contribution in [0.4, 0.5) is 0 Å². The van der Waals surface area contributed by atoms with Gasteiger partial charge in [-0.15, -0.1) is 0 Å². The van der Waals surface area contributed by atoms with E-state index < -0.39 is 6.10 Å². The Hall–Kier alpha value is -2.38. The standard InChI is InChI=1S/C23H30N2O5/c1-15-20(8-7-18-17-5-3-6-19(17)23(27)30-21(15)18)29-16(2)22(26)24-9-4-10-25-11-13-28-14-12-25/h7-8,16H,3-6,9-14H2,1-2H3,(H,24,26)/t16-/m0/s1. The van der Waals surface area contributed by atoms with Gasteiger partial charge in [0.25, 0.3) is 5.91 Å². The number of nitrogens with zero attached hydrogens (tertiary/aromatic N) is 1. The first kappa shape index (κ1) is 20.9. The van der Waals surface area contributed by atoms with Crippen LogP contribution < -0.4 is 15.7 Å². The van der Waals surface area contributed by atoms with Crippen LogP contribution in [0, 0.1) is 6.92 Å². The number of amides is 1. The number of aryl methyl sites for hydroxylation is 2. The van der Waals surface area contributed by atoms with E-state index in [1.54, 1.807) is 6.92 Å².